The highest BCUT2D eigenvalue weighted by molar-refractivity contribution is 6.18. The fourth-order valence-corrected chi connectivity index (χ4v) is 5.27. The highest BCUT2D eigenvalue weighted by Gasteiger charge is 2.56. The average molecular weight is 284 g/mol. The summed E-state index contributed by atoms with van der Waals surface area (Å²) in [6.45, 7) is 4.14. The van der Waals surface area contributed by atoms with Crippen LogP contribution >= 0.6 is 11.6 Å². The summed E-state index contributed by atoms with van der Waals surface area (Å²) in [7, 11) is 1.95. The van der Waals surface area contributed by atoms with Gasteiger partial charge in [0, 0.05) is 12.9 Å². The smallest absolute Gasteiger partial charge is 0.229 e. The molecule has 19 heavy (non-hydrogen) atoms. The Balaban J connectivity index is 1.83. The summed E-state index contributed by atoms with van der Waals surface area (Å²) in [5.74, 6) is 3.34. The Kier molecular flexibility index (Phi) is 3.16. The lowest BCUT2D eigenvalue weighted by atomic mass is 9.49. The Morgan fingerprint density at radius 3 is 1.95 bits per heavy atom. The Bertz CT molecular complexity index is 355. The predicted octanol–water partition coefficient (Wildman–Crippen LogP) is 3.68. The molecule has 108 valence electrons. The van der Waals surface area contributed by atoms with Gasteiger partial charge in [-0.1, -0.05) is 0 Å². The molecule has 4 aliphatic rings. The molecule has 4 saturated carbocycles. The van der Waals surface area contributed by atoms with E-state index in [1.54, 1.807) is 0 Å². The van der Waals surface area contributed by atoms with E-state index in [-0.39, 0.29) is 11.0 Å². The van der Waals surface area contributed by atoms with E-state index in [2.05, 4.69) is 13.8 Å². The lowest BCUT2D eigenvalue weighted by Crippen LogP contribution is -2.58. The Morgan fingerprint density at radius 1 is 1.16 bits per heavy atom. The van der Waals surface area contributed by atoms with Crippen molar-refractivity contribution < 1.29 is 4.79 Å². The van der Waals surface area contributed by atoms with E-state index in [9.17, 15) is 4.79 Å². The van der Waals surface area contributed by atoms with E-state index >= 15 is 0 Å². The predicted molar refractivity (Wildman–Crippen MR) is 78.2 cm³/mol. The Morgan fingerprint density at radius 2 is 1.58 bits per heavy atom. The number of hydrogen-bond donors (Lipinski definition) is 0. The summed E-state index contributed by atoms with van der Waals surface area (Å²) in [6, 6.07) is 0. The van der Waals surface area contributed by atoms with Gasteiger partial charge in [0.1, 0.15) is 0 Å². The molecule has 0 aromatic rings. The minimum atomic E-state index is -0.234. The van der Waals surface area contributed by atoms with Crippen LogP contribution in [0.15, 0.2) is 0 Å². The maximum Gasteiger partial charge on any atom is 0.229 e. The molecule has 0 heterocycles. The molecule has 0 atom stereocenters. The number of alkyl halides is 1. The zero-order chi connectivity index (χ0) is 13.8. The topological polar surface area (TPSA) is 20.3 Å². The molecular weight excluding hydrogens is 258 g/mol. The van der Waals surface area contributed by atoms with Crippen molar-refractivity contribution in [1.29, 1.82) is 0 Å². The van der Waals surface area contributed by atoms with E-state index in [0.29, 0.717) is 11.8 Å². The van der Waals surface area contributed by atoms with Crippen LogP contribution in [0.5, 0.6) is 0 Å². The van der Waals surface area contributed by atoms with Crippen LogP contribution in [0.2, 0.25) is 0 Å². The van der Waals surface area contributed by atoms with Gasteiger partial charge in [-0.25, -0.2) is 0 Å². The lowest BCUT2D eigenvalue weighted by Gasteiger charge is -2.57. The third-order valence-corrected chi connectivity index (χ3v) is 6.69. The van der Waals surface area contributed by atoms with Gasteiger partial charge in [-0.15, -0.1) is 11.6 Å². The van der Waals surface area contributed by atoms with Crippen molar-refractivity contribution in [3.63, 3.8) is 0 Å². The van der Waals surface area contributed by atoms with Crippen LogP contribution in [-0.4, -0.2) is 29.3 Å². The Labute approximate surface area is 121 Å². The van der Waals surface area contributed by atoms with Gasteiger partial charge in [-0.05, 0) is 70.1 Å². The second-order valence-corrected chi connectivity index (χ2v) is 8.28. The molecule has 0 N–H and O–H groups in total. The highest BCUT2D eigenvalue weighted by atomic mass is 35.5. The van der Waals surface area contributed by atoms with Gasteiger partial charge < -0.3 is 4.90 Å². The van der Waals surface area contributed by atoms with Crippen molar-refractivity contribution in [3.05, 3.63) is 0 Å². The monoisotopic (exact) mass is 283 g/mol. The third-order valence-electron chi connectivity index (χ3n) is 6.03. The maximum atomic E-state index is 13.1. The van der Waals surface area contributed by atoms with E-state index in [4.69, 9.17) is 11.6 Å². The second-order valence-electron chi connectivity index (χ2n) is 8.01. The zero-order valence-electron chi connectivity index (χ0n) is 12.4. The van der Waals surface area contributed by atoms with Crippen LogP contribution in [0.1, 0.15) is 52.4 Å². The molecule has 3 heteroatoms. The molecule has 1 amide bonds. The van der Waals surface area contributed by atoms with Gasteiger partial charge in [-0.3, -0.25) is 4.79 Å². The zero-order valence-corrected chi connectivity index (χ0v) is 13.2. The number of amides is 1. The summed E-state index contributed by atoms with van der Waals surface area (Å²) in [5, 5.41) is 0. The first-order valence-corrected chi connectivity index (χ1v) is 8.24. The van der Waals surface area contributed by atoms with E-state index in [1.807, 2.05) is 11.9 Å². The normalized spacial score (nSPS) is 40.5. The molecule has 0 aromatic carbocycles. The van der Waals surface area contributed by atoms with Crippen LogP contribution in [0, 0.1) is 23.2 Å². The van der Waals surface area contributed by atoms with Gasteiger partial charge in [0.05, 0.1) is 11.0 Å². The summed E-state index contributed by atoms with van der Waals surface area (Å²) < 4.78 is 0. The highest BCUT2D eigenvalue weighted by Crippen LogP contribution is 2.60. The molecule has 0 saturated heterocycles. The average Bonchev–Trinajstić information content (AvgIpc) is 2.35. The van der Waals surface area contributed by atoms with Crippen LogP contribution in [0.25, 0.3) is 0 Å². The summed E-state index contributed by atoms with van der Waals surface area (Å²) >= 11 is 6.05. The summed E-state index contributed by atoms with van der Waals surface area (Å²) in [4.78, 5) is 15.0. The fraction of sp³-hybridized carbons (Fsp3) is 0.938. The van der Waals surface area contributed by atoms with Gasteiger partial charge in [0.15, 0.2) is 0 Å². The summed E-state index contributed by atoms with van der Waals surface area (Å²) in [6.07, 6.45) is 7.57. The first kappa shape index (κ1) is 13.7. The van der Waals surface area contributed by atoms with Gasteiger partial charge in [0.2, 0.25) is 5.91 Å². The molecule has 0 aliphatic heterocycles. The van der Waals surface area contributed by atoms with E-state index < -0.39 is 0 Å². The third kappa shape index (κ3) is 2.11. The molecule has 4 fully saturated rings. The second kappa shape index (κ2) is 4.38. The van der Waals surface area contributed by atoms with Gasteiger partial charge >= 0.3 is 0 Å². The van der Waals surface area contributed by atoms with Crippen LogP contribution in [0.3, 0.4) is 0 Å². The fourth-order valence-electron chi connectivity index (χ4n) is 5.09. The number of carbonyl (C=O) groups excluding carboxylic acids is 1. The molecule has 0 radical (unpaired) electrons. The number of hydrogen-bond acceptors (Lipinski definition) is 1. The van der Waals surface area contributed by atoms with Gasteiger partial charge in [0.25, 0.3) is 0 Å². The van der Waals surface area contributed by atoms with Crippen molar-refractivity contribution in [2.24, 2.45) is 23.2 Å². The summed E-state index contributed by atoms with van der Waals surface area (Å²) in [5.41, 5.74) is -0.269. The van der Waals surface area contributed by atoms with Crippen molar-refractivity contribution in [3.8, 4) is 0 Å². The number of halogens is 1. The van der Waals surface area contributed by atoms with Crippen molar-refractivity contribution in [1.82, 2.24) is 4.90 Å². The maximum absolute atomic E-state index is 13.1. The first-order valence-electron chi connectivity index (χ1n) is 7.70. The minimum Gasteiger partial charge on any atom is -0.339 e. The van der Waals surface area contributed by atoms with Crippen LogP contribution < -0.4 is 0 Å². The molecule has 4 aliphatic carbocycles. The molecular formula is C16H26ClNO. The van der Waals surface area contributed by atoms with Crippen LogP contribution in [0.4, 0.5) is 0 Å². The number of carbonyl (C=O) groups is 1. The standard InChI is InChI=1S/C16H26ClNO/c1-15(2,10-17)18(3)14(19)16-7-11-4-12(8-16)6-13(5-11)9-16/h11-13H,4-10H2,1-3H3. The largest absolute Gasteiger partial charge is 0.339 e. The molecule has 4 rings (SSSR count). The first-order chi connectivity index (χ1) is 8.86. The molecule has 0 unspecified atom stereocenters. The van der Waals surface area contributed by atoms with Crippen LogP contribution in [-0.2, 0) is 4.79 Å². The van der Waals surface area contributed by atoms with Crippen molar-refractivity contribution >= 4 is 17.5 Å². The Hall–Kier alpha value is -0.240. The molecule has 0 aromatic heterocycles. The molecule has 4 bridgehead atoms. The SMILES string of the molecule is CN(C(=O)C12CC3CC(CC(C3)C1)C2)C(C)(C)CCl. The molecule has 2 nitrogen and oxygen atoms in total. The van der Waals surface area contributed by atoms with E-state index in [0.717, 1.165) is 37.0 Å². The minimum absolute atomic E-state index is 0.0349. The van der Waals surface area contributed by atoms with Crippen molar-refractivity contribution in [2.75, 3.05) is 12.9 Å². The number of rotatable bonds is 3. The van der Waals surface area contributed by atoms with Gasteiger partial charge in [-0.2, -0.15) is 0 Å². The quantitative estimate of drug-likeness (QED) is 0.724. The van der Waals surface area contributed by atoms with E-state index in [1.165, 1.54) is 19.3 Å². The lowest BCUT2D eigenvalue weighted by molar-refractivity contribution is -0.160. The number of nitrogens with zero attached hydrogens (tertiary/aromatic N) is 1. The van der Waals surface area contributed by atoms with Crippen molar-refractivity contribution in [2.45, 2.75) is 57.9 Å². The molecule has 0 spiro atoms.